The van der Waals surface area contributed by atoms with Gasteiger partial charge in [0.25, 0.3) is 5.91 Å². The van der Waals surface area contributed by atoms with Crippen LogP contribution in [-0.4, -0.2) is 107 Å². The molecule has 6 rings (SSSR count). The van der Waals surface area contributed by atoms with E-state index in [1.165, 1.54) is 4.90 Å². The van der Waals surface area contributed by atoms with Gasteiger partial charge in [-0.1, -0.05) is 29.8 Å². The van der Waals surface area contributed by atoms with Crippen molar-refractivity contribution in [2.75, 3.05) is 57.2 Å². The minimum absolute atomic E-state index is 0.250. The number of nitrogens with zero attached hydrogens (tertiary/aromatic N) is 6. The molecule has 47 heavy (non-hydrogen) atoms. The van der Waals surface area contributed by atoms with Crippen LogP contribution in [-0.2, 0) is 16.1 Å². The standard InChI is InChI=1S/C34H43ClN8O4/c1-21(32(45)39-29(20-44)28-5-4-6-30(38-28)42-15-13-41(2)14-16-42)43-19-23-8-7-22(17-26(23)33(43)46)31-27(35)18-36-34(40-31)37-24-9-11-25(47-3)12-10-24/h4-8,17-18,21,24-25,29,44H,9-16,19-20H2,1-3H3,(H,39,45)(H,36,37,40). The summed E-state index contributed by atoms with van der Waals surface area (Å²) in [6.45, 7) is 5.27. The number of amides is 2. The van der Waals surface area contributed by atoms with Gasteiger partial charge in [-0.25, -0.2) is 15.0 Å². The molecule has 2 amide bonds. The lowest BCUT2D eigenvalue weighted by molar-refractivity contribution is -0.126. The molecular formula is C34H43ClN8O4. The Bertz CT molecular complexity index is 1590. The Morgan fingerprint density at radius 2 is 1.87 bits per heavy atom. The lowest BCUT2D eigenvalue weighted by atomic mass is 9.93. The number of aliphatic hydroxyl groups is 1. The number of benzene rings is 1. The van der Waals surface area contributed by atoms with Crippen molar-refractivity contribution < 1.29 is 19.4 Å². The third kappa shape index (κ3) is 7.35. The minimum Gasteiger partial charge on any atom is -0.394 e. The van der Waals surface area contributed by atoms with E-state index in [9.17, 15) is 14.7 Å². The van der Waals surface area contributed by atoms with Crippen molar-refractivity contribution in [3.63, 3.8) is 0 Å². The van der Waals surface area contributed by atoms with Crippen LogP contribution in [0.1, 0.15) is 60.3 Å². The maximum Gasteiger partial charge on any atom is 0.255 e. The number of aliphatic hydroxyl groups excluding tert-OH is 1. The zero-order valence-corrected chi connectivity index (χ0v) is 27.9. The van der Waals surface area contributed by atoms with Crippen LogP contribution >= 0.6 is 11.6 Å². The maximum absolute atomic E-state index is 13.6. The molecule has 2 unspecified atom stereocenters. The molecule has 12 nitrogen and oxygen atoms in total. The van der Waals surface area contributed by atoms with Crippen molar-refractivity contribution in [1.82, 2.24) is 30.1 Å². The molecule has 1 saturated heterocycles. The van der Waals surface area contributed by atoms with Gasteiger partial charge in [0.1, 0.15) is 11.9 Å². The molecule has 0 bridgehead atoms. The normalized spacial score (nSPS) is 21.3. The van der Waals surface area contributed by atoms with Crippen LogP contribution in [0.25, 0.3) is 11.3 Å². The maximum atomic E-state index is 13.6. The molecule has 250 valence electrons. The zero-order chi connectivity index (χ0) is 33.1. The average molecular weight is 663 g/mol. The van der Waals surface area contributed by atoms with Crippen molar-refractivity contribution in [2.24, 2.45) is 0 Å². The molecular weight excluding hydrogens is 620 g/mol. The van der Waals surface area contributed by atoms with E-state index in [1.807, 2.05) is 24.3 Å². The van der Waals surface area contributed by atoms with Crippen molar-refractivity contribution in [3.05, 3.63) is 64.4 Å². The highest BCUT2D eigenvalue weighted by Gasteiger charge is 2.35. The molecule has 13 heteroatoms. The number of likely N-dealkylation sites (N-methyl/N-ethyl adjacent to an activating group) is 1. The van der Waals surface area contributed by atoms with Crippen molar-refractivity contribution in [1.29, 1.82) is 0 Å². The van der Waals surface area contributed by atoms with Gasteiger partial charge < -0.3 is 35.2 Å². The second kappa shape index (κ2) is 14.5. The number of hydrogen-bond donors (Lipinski definition) is 3. The molecule has 3 aliphatic rings. The number of rotatable bonds is 10. The van der Waals surface area contributed by atoms with Crippen LogP contribution in [0.3, 0.4) is 0 Å². The summed E-state index contributed by atoms with van der Waals surface area (Å²) in [7, 11) is 3.85. The molecule has 0 radical (unpaired) electrons. The van der Waals surface area contributed by atoms with Crippen molar-refractivity contribution in [2.45, 2.75) is 63.4 Å². The summed E-state index contributed by atoms with van der Waals surface area (Å²) >= 11 is 6.54. The van der Waals surface area contributed by atoms with E-state index in [-0.39, 0.29) is 24.5 Å². The Labute approximate surface area is 280 Å². The second-order valence-corrected chi connectivity index (χ2v) is 13.1. The number of ether oxygens (including phenoxy) is 1. The second-order valence-electron chi connectivity index (χ2n) is 12.7. The summed E-state index contributed by atoms with van der Waals surface area (Å²) in [6, 6.07) is 9.97. The molecule has 3 aromatic rings. The van der Waals surface area contributed by atoms with E-state index in [0.717, 1.165) is 63.2 Å². The number of halogens is 1. The van der Waals surface area contributed by atoms with Crippen LogP contribution in [0.2, 0.25) is 5.02 Å². The van der Waals surface area contributed by atoms with E-state index in [1.54, 1.807) is 32.4 Å². The largest absolute Gasteiger partial charge is 0.394 e. The molecule has 2 atom stereocenters. The molecule has 0 spiro atoms. The van der Waals surface area contributed by atoms with Gasteiger partial charge >= 0.3 is 0 Å². The van der Waals surface area contributed by atoms with Crippen LogP contribution in [0.15, 0.2) is 42.6 Å². The number of methoxy groups -OCH3 is 1. The minimum atomic E-state index is -0.778. The number of piperazine rings is 1. The highest BCUT2D eigenvalue weighted by atomic mass is 35.5. The number of hydrogen-bond acceptors (Lipinski definition) is 10. The monoisotopic (exact) mass is 662 g/mol. The summed E-state index contributed by atoms with van der Waals surface area (Å²) in [4.78, 5) is 47.0. The van der Waals surface area contributed by atoms with Gasteiger partial charge in [0.15, 0.2) is 0 Å². The van der Waals surface area contributed by atoms with Crippen molar-refractivity contribution >= 4 is 35.2 Å². The summed E-state index contributed by atoms with van der Waals surface area (Å²) < 4.78 is 5.48. The van der Waals surface area contributed by atoms with Crippen LogP contribution in [0.5, 0.6) is 0 Å². The van der Waals surface area contributed by atoms with Crippen LogP contribution < -0.4 is 15.5 Å². The lowest BCUT2D eigenvalue weighted by Crippen LogP contribution is -2.47. The van der Waals surface area contributed by atoms with Gasteiger partial charge in [-0.2, -0.15) is 0 Å². The predicted molar refractivity (Wildman–Crippen MR) is 180 cm³/mol. The van der Waals surface area contributed by atoms with Crippen LogP contribution in [0.4, 0.5) is 11.8 Å². The predicted octanol–water partition coefficient (Wildman–Crippen LogP) is 3.51. The highest BCUT2D eigenvalue weighted by Crippen LogP contribution is 2.33. The quantitative estimate of drug-likeness (QED) is 0.296. The first kappa shape index (κ1) is 33.1. The van der Waals surface area contributed by atoms with E-state index >= 15 is 0 Å². The van der Waals surface area contributed by atoms with E-state index in [4.69, 9.17) is 26.3 Å². The summed E-state index contributed by atoms with van der Waals surface area (Å²) in [5.41, 5.74) is 3.12. The Morgan fingerprint density at radius 1 is 1.11 bits per heavy atom. The summed E-state index contributed by atoms with van der Waals surface area (Å²) in [6.07, 6.45) is 5.77. The molecule has 1 aromatic carbocycles. The fraction of sp³-hybridized carbons (Fsp3) is 0.500. The molecule has 2 aliphatic heterocycles. The van der Waals surface area contributed by atoms with Gasteiger partial charge in [-0.15, -0.1) is 0 Å². The molecule has 2 aromatic heterocycles. The topological polar surface area (TPSA) is 136 Å². The Balaban J connectivity index is 1.12. The lowest BCUT2D eigenvalue weighted by Gasteiger charge is -2.33. The number of carbonyl (C=O) groups excluding carboxylic acids is 2. The van der Waals surface area contributed by atoms with E-state index in [2.05, 4.69) is 32.5 Å². The number of carbonyl (C=O) groups is 2. The van der Waals surface area contributed by atoms with E-state index in [0.29, 0.717) is 46.1 Å². The van der Waals surface area contributed by atoms with Crippen LogP contribution in [0, 0.1) is 0 Å². The SMILES string of the molecule is COC1CCC(Nc2ncc(Cl)c(-c3ccc4c(c3)C(=O)N(C(C)C(=O)NC(CO)c3cccc(N5CCN(C)CC5)n3)C4)n2)CC1. The molecule has 1 saturated carbocycles. The fourth-order valence-electron chi connectivity index (χ4n) is 6.54. The van der Waals surface area contributed by atoms with Gasteiger partial charge in [0.05, 0.1) is 41.4 Å². The number of aromatic nitrogens is 3. The molecule has 2 fully saturated rings. The number of fused-ring (bicyclic) bond motifs is 1. The highest BCUT2D eigenvalue weighted by molar-refractivity contribution is 6.33. The van der Waals surface area contributed by atoms with E-state index < -0.39 is 12.1 Å². The summed E-state index contributed by atoms with van der Waals surface area (Å²) in [5.74, 6) is 0.689. The van der Waals surface area contributed by atoms with Gasteiger partial charge in [0, 0.05) is 57.0 Å². The number of pyridine rings is 1. The number of nitrogens with one attached hydrogen (secondary N) is 2. The third-order valence-corrected chi connectivity index (χ3v) is 9.86. The smallest absolute Gasteiger partial charge is 0.255 e. The molecule has 4 heterocycles. The first-order valence-corrected chi connectivity index (χ1v) is 16.7. The Kier molecular flexibility index (Phi) is 10.2. The van der Waals surface area contributed by atoms with Gasteiger partial charge in [-0.3, -0.25) is 9.59 Å². The average Bonchev–Trinajstić information content (AvgIpc) is 3.43. The summed E-state index contributed by atoms with van der Waals surface area (Å²) in [5, 5.41) is 16.9. The third-order valence-electron chi connectivity index (χ3n) is 9.59. The Hall–Kier alpha value is -3.84. The molecule has 3 N–H and O–H groups in total. The first-order chi connectivity index (χ1) is 22.7. The fourth-order valence-corrected chi connectivity index (χ4v) is 6.74. The number of anilines is 2. The Morgan fingerprint density at radius 3 is 2.60 bits per heavy atom. The van der Waals surface area contributed by atoms with Crippen molar-refractivity contribution in [3.8, 4) is 11.3 Å². The first-order valence-electron chi connectivity index (χ1n) is 16.3. The van der Waals surface area contributed by atoms with Gasteiger partial charge in [-0.05, 0) is 63.4 Å². The zero-order valence-electron chi connectivity index (χ0n) is 27.2. The van der Waals surface area contributed by atoms with Gasteiger partial charge in [0.2, 0.25) is 11.9 Å². The molecule has 1 aliphatic carbocycles.